The summed E-state index contributed by atoms with van der Waals surface area (Å²) in [5, 5.41) is 9.44. The molecule has 2 rings (SSSR count). The molecular formula is C13H7Cl3F3NO. The molecule has 0 unspecified atom stereocenters. The Balaban J connectivity index is 2.70. The summed E-state index contributed by atoms with van der Waals surface area (Å²) in [6.45, 7) is -0.538. The number of aliphatic hydroxyl groups excluding tert-OH is 1. The van der Waals surface area contributed by atoms with Crippen molar-refractivity contribution in [3.63, 3.8) is 0 Å². The highest BCUT2D eigenvalue weighted by molar-refractivity contribution is 6.49. The summed E-state index contributed by atoms with van der Waals surface area (Å²) in [5.41, 5.74) is -0.621. The van der Waals surface area contributed by atoms with Crippen molar-refractivity contribution in [2.75, 3.05) is 0 Å². The highest BCUT2D eigenvalue weighted by Gasteiger charge is 2.32. The van der Waals surface area contributed by atoms with Gasteiger partial charge >= 0.3 is 6.18 Å². The molecule has 0 saturated heterocycles. The number of aromatic nitrogens is 1. The lowest BCUT2D eigenvalue weighted by Crippen LogP contribution is -2.07. The van der Waals surface area contributed by atoms with E-state index in [-0.39, 0.29) is 31.9 Å². The van der Waals surface area contributed by atoms with Gasteiger partial charge in [-0.3, -0.25) is 4.98 Å². The van der Waals surface area contributed by atoms with Crippen LogP contribution in [0, 0.1) is 0 Å². The van der Waals surface area contributed by atoms with E-state index >= 15 is 0 Å². The summed E-state index contributed by atoms with van der Waals surface area (Å²) >= 11 is 17.7. The minimum atomic E-state index is -4.56. The molecule has 112 valence electrons. The molecule has 2 aromatic rings. The van der Waals surface area contributed by atoms with Gasteiger partial charge in [-0.2, -0.15) is 13.2 Å². The predicted molar refractivity (Wildman–Crippen MR) is 75.6 cm³/mol. The van der Waals surface area contributed by atoms with E-state index < -0.39 is 18.3 Å². The maximum atomic E-state index is 12.8. The minimum Gasteiger partial charge on any atom is -0.390 e. The molecule has 1 N–H and O–H groups in total. The van der Waals surface area contributed by atoms with Crippen LogP contribution in [0.3, 0.4) is 0 Å². The first kappa shape index (κ1) is 16.4. The normalized spacial score (nSPS) is 11.8. The molecule has 0 saturated carbocycles. The molecular weight excluding hydrogens is 350 g/mol. The van der Waals surface area contributed by atoms with E-state index in [2.05, 4.69) is 4.98 Å². The molecule has 0 radical (unpaired) electrons. The summed E-state index contributed by atoms with van der Waals surface area (Å²) < 4.78 is 38.3. The van der Waals surface area contributed by atoms with Gasteiger partial charge in [0.2, 0.25) is 0 Å². The zero-order valence-corrected chi connectivity index (χ0v) is 12.4. The standard InChI is InChI=1S/C13H7Cl3F3NO/c14-9-2-1-7(11(15)12(9)16)8-3-6(13(17,18)19)4-20-10(8)5-21/h1-4,21H,5H2. The number of hydrogen-bond donors (Lipinski definition) is 1. The van der Waals surface area contributed by atoms with Crippen molar-refractivity contribution >= 4 is 34.8 Å². The van der Waals surface area contributed by atoms with Gasteiger partial charge in [-0.25, -0.2) is 0 Å². The first-order valence-electron chi connectivity index (χ1n) is 5.56. The number of nitrogens with zero attached hydrogens (tertiary/aromatic N) is 1. The summed E-state index contributed by atoms with van der Waals surface area (Å²) in [7, 11) is 0. The van der Waals surface area contributed by atoms with Crippen molar-refractivity contribution in [1.82, 2.24) is 4.98 Å². The Morgan fingerprint density at radius 2 is 1.71 bits per heavy atom. The Bertz CT molecular complexity index is 689. The lowest BCUT2D eigenvalue weighted by atomic mass is 10.0. The molecule has 0 aliphatic rings. The average molecular weight is 357 g/mol. The van der Waals surface area contributed by atoms with E-state index in [0.29, 0.717) is 6.20 Å². The van der Waals surface area contributed by atoms with E-state index in [1.54, 1.807) is 0 Å². The third-order valence-corrected chi connectivity index (χ3v) is 4.07. The molecule has 0 aliphatic carbocycles. The zero-order chi connectivity index (χ0) is 15.8. The van der Waals surface area contributed by atoms with E-state index in [9.17, 15) is 18.3 Å². The van der Waals surface area contributed by atoms with Gasteiger partial charge in [-0.1, -0.05) is 40.9 Å². The maximum absolute atomic E-state index is 12.8. The van der Waals surface area contributed by atoms with Crippen LogP contribution in [0.2, 0.25) is 15.1 Å². The summed E-state index contributed by atoms with van der Waals surface area (Å²) in [4.78, 5) is 3.63. The highest BCUT2D eigenvalue weighted by Crippen LogP contribution is 2.40. The van der Waals surface area contributed by atoms with Gasteiger partial charge in [0.25, 0.3) is 0 Å². The fourth-order valence-corrected chi connectivity index (χ4v) is 2.38. The lowest BCUT2D eigenvalue weighted by molar-refractivity contribution is -0.137. The van der Waals surface area contributed by atoms with Gasteiger partial charge < -0.3 is 5.11 Å². The molecule has 1 heterocycles. The highest BCUT2D eigenvalue weighted by atomic mass is 35.5. The van der Waals surface area contributed by atoms with Gasteiger partial charge in [0, 0.05) is 17.3 Å². The molecule has 1 aromatic heterocycles. The lowest BCUT2D eigenvalue weighted by Gasteiger charge is -2.13. The van der Waals surface area contributed by atoms with Crippen LogP contribution in [-0.4, -0.2) is 10.1 Å². The van der Waals surface area contributed by atoms with Crippen LogP contribution < -0.4 is 0 Å². The number of rotatable bonds is 2. The number of benzene rings is 1. The maximum Gasteiger partial charge on any atom is 0.417 e. The van der Waals surface area contributed by atoms with E-state index in [1.165, 1.54) is 12.1 Å². The molecule has 0 fully saturated rings. The molecule has 21 heavy (non-hydrogen) atoms. The summed E-state index contributed by atoms with van der Waals surface area (Å²) in [6.07, 6.45) is -3.90. The molecule has 0 spiro atoms. The Morgan fingerprint density at radius 1 is 1.05 bits per heavy atom. The monoisotopic (exact) mass is 355 g/mol. The quantitative estimate of drug-likeness (QED) is 0.748. The smallest absolute Gasteiger partial charge is 0.390 e. The first-order valence-corrected chi connectivity index (χ1v) is 6.70. The van der Waals surface area contributed by atoms with E-state index in [4.69, 9.17) is 34.8 Å². The SMILES string of the molecule is OCc1ncc(C(F)(F)F)cc1-c1ccc(Cl)c(Cl)c1Cl. The number of alkyl halides is 3. The van der Waals surface area contributed by atoms with Crippen LogP contribution in [0.25, 0.3) is 11.1 Å². The fourth-order valence-electron chi connectivity index (χ4n) is 1.74. The van der Waals surface area contributed by atoms with E-state index in [0.717, 1.165) is 6.07 Å². The third-order valence-electron chi connectivity index (χ3n) is 2.77. The molecule has 0 amide bonds. The van der Waals surface area contributed by atoms with Gasteiger partial charge in [-0.05, 0) is 12.1 Å². The molecule has 1 aromatic carbocycles. The minimum absolute atomic E-state index is 0.00000819. The summed E-state index contributed by atoms with van der Waals surface area (Å²) in [5.74, 6) is 0. The van der Waals surface area contributed by atoms with Crippen molar-refractivity contribution in [1.29, 1.82) is 0 Å². The van der Waals surface area contributed by atoms with Crippen LogP contribution in [0.4, 0.5) is 13.2 Å². The van der Waals surface area contributed by atoms with Crippen molar-refractivity contribution in [2.24, 2.45) is 0 Å². The largest absolute Gasteiger partial charge is 0.417 e. The summed E-state index contributed by atoms with van der Waals surface area (Å²) in [6, 6.07) is 3.70. The van der Waals surface area contributed by atoms with Crippen LogP contribution in [-0.2, 0) is 12.8 Å². The second kappa shape index (κ2) is 6.01. The van der Waals surface area contributed by atoms with Gasteiger partial charge in [-0.15, -0.1) is 0 Å². The molecule has 2 nitrogen and oxygen atoms in total. The first-order chi connectivity index (χ1) is 9.75. The molecule has 0 aliphatic heterocycles. The number of aliphatic hydroxyl groups is 1. The van der Waals surface area contributed by atoms with Gasteiger partial charge in [0.15, 0.2) is 0 Å². The zero-order valence-electron chi connectivity index (χ0n) is 10.2. The molecule has 0 atom stereocenters. The average Bonchev–Trinajstić information content (AvgIpc) is 2.43. The van der Waals surface area contributed by atoms with Crippen molar-refractivity contribution < 1.29 is 18.3 Å². The second-order valence-corrected chi connectivity index (χ2v) is 5.26. The van der Waals surface area contributed by atoms with Gasteiger partial charge in [0.05, 0.1) is 32.9 Å². The third kappa shape index (κ3) is 3.26. The number of hydrogen-bond acceptors (Lipinski definition) is 2. The second-order valence-electron chi connectivity index (χ2n) is 4.10. The van der Waals surface area contributed by atoms with Gasteiger partial charge in [0.1, 0.15) is 0 Å². The number of pyridine rings is 1. The Morgan fingerprint density at radius 3 is 2.29 bits per heavy atom. The number of halogens is 6. The molecule has 0 bridgehead atoms. The fraction of sp³-hybridized carbons (Fsp3) is 0.154. The topological polar surface area (TPSA) is 33.1 Å². The van der Waals surface area contributed by atoms with Crippen LogP contribution >= 0.6 is 34.8 Å². The van der Waals surface area contributed by atoms with E-state index in [1.807, 2.05) is 0 Å². The van der Waals surface area contributed by atoms with Crippen LogP contribution in [0.5, 0.6) is 0 Å². The molecule has 8 heteroatoms. The van der Waals surface area contributed by atoms with Crippen LogP contribution in [0.15, 0.2) is 24.4 Å². The Kier molecular flexibility index (Phi) is 4.68. The van der Waals surface area contributed by atoms with Crippen molar-refractivity contribution in [3.05, 3.63) is 50.7 Å². The van der Waals surface area contributed by atoms with Crippen molar-refractivity contribution in [3.8, 4) is 11.1 Å². The Labute approximate surface area is 133 Å². The predicted octanol–water partition coefficient (Wildman–Crippen LogP) is 5.22. The van der Waals surface area contributed by atoms with Crippen LogP contribution in [0.1, 0.15) is 11.3 Å². The Hall–Kier alpha value is -1.01. The van der Waals surface area contributed by atoms with Crippen molar-refractivity contribution in [2.45, 2.75) is 12.8 Å².